The lowest BCUT2D eigenvalue weighted by Gasteiger charge is -2.32. The maximum Gasteiger partial charge on any atom is 0.303 e. The number of fused-ring (bicyclic) bond motifs is 8. The molecule has 3 aromatic carbocycles. The van der Waals surface area contributed by atoms with E-state index in [1.54, 1.807) is 12.4 Å². The van der Waals surface area contributed by atoms with Crippen molar-refractivity contribution in [2.24, 2.45) is 5.41 Å². The first-order chi connectivity index (χ1) is 22.9. The molecule has 6 rings (SSSR count). The maximum absolute atomic E-state index is 15.6. The van der Waals surface area contributed by atoms with Crippen molar-refractivity contribution in [1.82, 2.24) is 20.3 Å². The number of aliphatic carboxylic acids is 1. The van der Waals surface area contributed by atoms with Gasteiger partial charge in [0.05, 0.1) is 5.56 Å². The smallest absolute Gasteiger partial charge is 0.303 e. The molecule has 4 bridgehead atoms. The monoisotopic (exact) mass is 654 g/mol. The van der Waals surface area contributed by atoms with E-state index in [2.05, 4.69) is 41.0 Å². The summed E-state index contributed by atoms with van der Waals surface area (Å²) in [6, 6.07) is 15.3. The quantitative estimate of drug-likeness (QED) is 0.156. The normalized spacial score (nSPS) is 18.6. The second kappa shape index (κ2) is 13.3. The molecule has 0 spiro atoms. The number of ether oxygens (including phenoxy) is 1. The highest BCUT2D eigenvalue weighted by molar-refractivity contribution is 5.86. The number of rotatable bonds is 4. The van der Waals surface area contributed by atoms with Crippen LogP contribution in [0.4, 0.5) is 8.78 Å². The largest absolute Gasteiger partial charge is 0.481 e. The first kappa shape index (κ1) is 32.9. The molecule has 5 aromatic rings. The van der Waals surface area contributed by atoms with Gasteiger partial charge in [-0.1, -0.05) is 44.5 Å². The van der Waals surface area contributed by atoms with Crippen molar-refractivity contribution in [1.29, 1.82) is 0 Å². The van der Waals surface area contributed by atoms with Gasteiger partial charge in [0.25, 0.3) is 0 Å². The number of carbonyl (C=O) groups excluding carboxylic acids is 1. The first-order valence-corrected chi connectivity index (χ1v) is 16.3. The standard InChI is InChI=1S/C38H40F2N4O4/c1-37(2)15-5-16-38(3,24-7-4-6-23(18-24)8-13-34(46)47)32-21-42-36(44-32)28-19-25(9-11-29(28)39)48-35-27(10-12-33(45)43-22-37)26-14-17-41-31(26)20-30(35)40/h4,6-7,9,11,14,17-21,41H,5,8,10,12-13,15-16,22H2,1-3H3,(H,42,44)(H,43,45)(H,46,47). The highest BCUT2D eigenvalue weighted by Gasteiger charge is 2.33. The van der Waals surface area contributed by atoms with Gasteiger partial charge in [-0.05, 0) is 73.4 Å². The number of H-pyrrole nitrogens is 2. The Kier molecular flexibility index (Phi) is 9.09. The molecule has 4 N–H and O–H groups in total. The molecule has 48 heavy (non-hydrogen) atoms. The van der Waals surface area contributed by atoms with Gasteiger partial charge in [-0.25, -0.2) is 13.8 Å². The third-order valence-corrected chi connectivity index (χ3v) is 9.54. The van der Waals surface area contributed by atoms with Crippen LogP contribution in [0.15, 0.2) is 67.0 Å². The van der Waals surface area contributed by atoms with Gasteiger partial charge >= 0.3 is 5.97 Å². The van der Waals surface area contributed by atoms with Crippen LogP contribution in [-0.2, 0) is 27.8 Å². The van der Waals surface area contributed by atoms with Gasteiger partial charge in [0.2, 0.25) is 5.91 Å². The van der Waals surface area contributed by atoms with Crippen molar-refractivity contribution in [2.75, 3.05) is 6.54 Å². The van der Waals surface area contributed by atoms with E-state index < -0.39 is 23.0 Å². The molecule has 0 saturated heterocycles. The van der Waals surface area contributed by atoms with Crippen molar-refractivity contribution in [2.45, 2.75) is 71.1 Å². The van der Waals surface area contributed by atoms with Gasteiger partial charge in [-0.15, -0.1) is 0 Å². The van der Waals surface area contributed by atoms with E-state index in [0.717, 1.165) is 35.0 Å². The fourth-order valence-electron chi connectivity index (χ4n) is 6.62. The van der Waals surface area contributed by atoms with Gasteiger partial charge in [0.1, 0.15) is 17.4 Å². The van der Waals surface area contributed by atoms with E-state index in [0.29, 0.717) is 36.3 Å². The summed E-state index contributed by atoms with van der Waals surface area (Å²) in [7, 11) is 0. The SMILES string of the molecule is CC1(C)CCCC(C)(c2cccc(CCC(=O)O)c2)c2cnc([nH]2)-c2cc(ccc2F)Oc2c(F)cc3[nH]ccc3c2CCC(=O)NC1. The maximum atomic E-state index is 15.6. The molecular formula is C38H40F2N4O4. The fourth-order valence-corrected chi connectivity index (χ4v) is 6.62. The number of aromatic nitrogens is 3. The predicted octanol–water partition coefficient (Wildman–Crippen LogP) is 8.21. The topological polar surface area (TPSA) is 120 Å². The van der Waals surface area contributed by atoms with Gasteiger partial charge < -0.3 is 25.1 Å². The van der Waals surface area contributed by atoms with Crippen LogP contribution in [-0.4, -0.2) is 38.5 Å². The van der Waals surface area contributed by atoms with E-state index in [9.17, 15) is 14.7 Å². The zero-order valence-electron chi connectivity index (χ0n) is 27.4. The van der Waals surface area contributed by atoms with E-state index in [1.165, 1.54) is 24.3 Å². The minimum Gasteiger partial charge on any atom is -0.481 e. The summed E-state index contributed by atoms with van der Waals surface area (Å²) in [6.45, 7) is 6.81. The molecule has 1 aliphatic rings. The van der Waals surface area contributed by atoms with Gasteiger partial charge in [0, 0.05) is 65.4 Å². The Hall–Kier alpha value is -4.99. The summed E-state index contributed by atoms with van der Waals surface area (Å²) in [5.74, 6) is -1.61. The molecule has 1 aliphatic heterocycles. The predicted molar refractivity (Wildman–Crippen MR) is 180 cm³/mol. The Balaban J connectivity index is 1.44. The van der Waals surface area contributed by atoms with E-state index in [4.69, 9.17) is 4.74 Å². The Bertz CT molecular complexity index is 1980. The minimum atomic E-state index is -0.858. The van der Waals surface area contributed by atoms with Crippen molar-refractivity contribution in [3.05, 3.63) is 101 Å². The average Bonchev–Trinajstić information content (AvgIpc) is 3.74. The summed E-state index contributed by atoms with van der Waals surface area (Å²) in [5.41, 5.74) is 3.17. The average molecular weight is 655 g/mol. The van der Waals surface area contributed by atoms with Crippen molar-refractivity contribution in [3.8, 4) is 22.9 Å². The van der Waals surface area contributed by atoms with Crippen LogP contribution in [0.5, 0.6) is 11.5 Å². The van der Waals surface area contributed by atoms with Crippen LogP contribution >= 0.6 is 0 Å². The van der Waals surface area contributed by atoms with Gasteiger partial charge in [0.15, 0.2) is 11.6 Å². The molecular weight excluding hydrogens is 614 g/mol. The lowest BCUT2D eigenvalue weighted by Crippen LogP contribution is -2.34. The Morgan fingerprint density at radius 1 is 1.02 bits per heavy atom. The number of imidazole rings is 1. The van der Waals surface area contributed by atoms with Crippen LogP contribution in [0, 0.1) is 17.0 Å². The Labute approximate surface area is 278 Å². The fraction of sp³-hybridized carbons (Fsp3) is 0.342. The molecule has 0 fully saturated rings. The number of hydrogen-bond donors (Lipinski definition) is 4. The number of amides is 1. The molecule has 8 nitrogen and oxygen atoms in total. The van der Waals surface area contributed by atoms with Crippen LogP contribution < -0.4 is 10.1 Å². The molecule has 250 valence electrons. The number of hydrogen-bond acceptors (Lipinski definition) is 4. The summed E-state index contributed by atoms with van der Waals surface area (Å²) in [5, 5.41) is 13.1. The lowest BCUT2D eigenvalue weighted by molar-refractivity contribution is -0.137. The highest BCUT2D eigenvalue weighted by Crippen LogP contribution is 2.40. The zero-order valence-corrected chi connectivity index (χ0v) is 27.4. The molecule has 1 unspecified atom stereocenters. The minimum absolute atomic E-state index is 0.0128. The summed E-state index contributed by atoms with van der Waals surface area (Å²) >= 11 is 0. The Morgan fingerprint density at radius 2 is 1.85 bits per heavy atom. The van der Waals surface area contributed by atoms with E-state index >= 15 is 8.78 Å². The van der Waals surface area contributed by atoms with Crippen LogP contribution in [0.1, 0.15) is 75.3 Å². The molecule has 1 atom stereocenters. The second-order valence-corrected chi connectivity index (χ2v) is 13.7. The number of nitrogens with one attached hydrogen (secondary N) is 3. The molecule has 0 radical (unpaired) electrons. The molecule has 0 saturated carbocycles. The summed E-state index contributed by atoms with van der Waals surface area (Å²) in [4.78, 5) is 35.4. The number of carboxylic acids is 1. The second-order valence-electron chi connectivity index (χ2n) is 13.7. The highest BCUT2D eigenvalue weighted by atomic mass is 19.1. The number of nitrogens with zero attached hydrogens (tertiary/aromatic N) is 1. The molecule has 0 aliphatic carbocycles. The first-order valence-electron chi connectivity index (χ1n) is 16.3. The lowest BCUT2D eigenvalue weighted by atomic mass is 9.73. The van der Waals surface area contributed by atoms with E-state index in [1.807, 2.05) is 30.3 Å². The van der Waals surface area contributed by atoms with Crippen molar-refractivity contribution < 1.29 is 28.2 Å². The number of carbonyl (C=O) groups is 2. The third kappa shape index (κ3) is 6.98. The number of halogens is 2. The summed E-state index contributed by atoms with van der Waals surface area (Å²) < 4.78 is 37.1. The zero-order chi connectivity index (χ0) is 34.1. The molecule has 10 heteroatoms. The number of carboxylic acid groups (broad SMARTS) is 1. The molecule has 3 heterocycles. The third-order valence-electron chi connectivity index (χ3n) is 9.54. The van der Waals surface area contributed by atoms with Crippen LogP contribution in [0.3, 0.4) is 0 Å². The van der Waals surface area contributed by atoms with Gasteiger partial charge in [-0.3, -0.25) is 9.59 Å². The van der Waals surface area contributed by atoms with E-state index in [-0.39, 0.29) is 47.6 Å². The number of aryl methyl sites for hydroxylation is 2. The van der Waals surface area contributed by atoms with Crippen LogP contribution in [0.25, 0.3) is 22.3 Å². The van der Waals surface area contributed by atoms with Crippen molar-refractivity contribution in [3.63, 3.8) is 0 Å². The Morgan fingerprint density at radius 3 is 2.67 bits per heavy atom. The number of aromatic amines is 2. The van der Waals surface area contributed by atoms with Crippen LogP contribution in [0.2, 0.25) is 0 Å². The van der Waals surface area contributed by atoms with Crippen molar-refractivity contribution >= 4 is 22.8 Å². The molecule has 2 aromatic heterocycles. The molecule has 1 amide bonds. The van der Waals surface area contributed by atoms with Gasteiger partial charge in [-0.2, -0.15) is 0 Å². The summed E-state index contributed by atoms with van der Waals surface area (Å²) in [6.07, 6.45) is 6.56. The number of benzene rings is 3.